The first-order chi connectivity index (χ1) is 27.4. The van der Waals surface area contributed by atoms with Gasteiger partial charge in [-0.2, -0.15) is 0 Å². The molecule has 0 saturated carbocycles. The van der Waals surface area contributed by atoms with Crippen molar-refractivity contribution in [2.45, 2.75) is 67.7 Å². The lowest BCUT2D eigenvalue weighted by atomic mass is 9.89. The minimum Gasteiger partial charge on any atom is -0.316 e. The number of benzene rings is 5. The Labute approximate surface area is 336 Å². The lowest BCUT2D eigenvalue weighted by Gasteiger charge is -2.27. The third-order valence-corrected chi connectivity index (χ3v) is 10.1. The van der Waals surface area contributed by atoms with Crippen LogP contribution in [0.4, 0.5) is 5.69 Å². The van der Waals surface area contributed by atoms with Gasteiger partial charge < -0.3 is 9.47 Å². The van der Waals surface area contributed by atoms with E-state index in [-0.39, 0.29) is 0 Å². The molecule has 0 saturated heterocycles. The molecule has 5 aromatic carbocycles. The molecule has 1 aliphatic carbocycles. The first-order valence-electron chi connectivity index (χ1n) is 20.1. The molecule has 0 fully saturated rings. The zero-order valence-electron chi connectivity index (χ0n) is 34.5. The van der Waals surface area contributed by atoms with Crippen LogP contribution in [-0.2, 0) is 12.8 Å². The summed E-state index contributed by atoms with van der Waals surface area (Å²) in [5.41, 5.74) is 13.8. The standard InChI is InChI=1S/C27H25N.C25H27N.C2H6/c1-3-8-20-9-7-10-21-15-16-24-25(26(20)21)19(2)13-14-22-17-18-28(27(22)24)23-11-5-4-6-12-23;1-6-11-24(12-7-2)26(21(5)16-15-20(4)8-3)25-18-17-22-13-9-10-14-23(22)19-25;1-2/h4-7,9-13,15-18H,3,8,14H2,1-2H3;6-19H,1,5H2,2-4H3;1-2H3/b;12-7-,16-15-,20-8-,24-11+;. The summed E-state index contributed by atoms with van der Waals surface area (Å²) in [6.07, 6.45) is 22.0. The quantitative estimate of drug-likeness (QED) is 0.127. The Morgan fingerprint density at radius 3 is 2.23 bits per heavy atom. The summed E-state index contributed by atoms with van der Waals surface area (Å²) in [6.45, 7) is 22.8. The van der Waals surface area contributed by atoms with E-state index in [1.165, 1.54) is 66.3 Å². The van der Waals surface area contributed by atoms with E-state index in [4.69, 9.17) is 0 Å². The maximum Gasteiger partial charge on any atom is 0.0569 e. The third kappa shape index (κ3) is 9.21. The van der Waals surface area contributed by atoms with Crippen molar-refractivity contribution in [1.29, 1.82) is 0 Å². The molecule has 1 aromatic heterocycles. The van der Waals surface area contributed by atoms with Crippen LogP contribution in [0.25, 0.3) is 44.1 Å². The van der Waals surface area contributed by atoms with E-state index in [1.54, 1.807) is 6.08 Å². The van der Waals surface area contributed by atoms with Gasteiger partial charge >= 0.3 is 0 Å². The zero-order chi connectivity index (χ0) is 40.0. The van der Waals surface area contributed by atoms with Crippen LogP contribution in [0.5, 0.6) is 0 Å². The van der Waals surface area contributed by atoms with E-state index >= 15 is 0 Å². The Bertz CT molecular complexity index is 2440. The van der Waals surface area contributed by atoms with Crippen LogP contribution in [0, 0.1) is 0 Å². The molecule has 2 nitrogen and oxygen atoms in total. The SMILES string of the molecule is C=C/C=C(\C=C/C)N(C(=C)/C=C\C(C)=C/C)c1ccc2ccccc2c1.CC.CCCc1cccc2ccc3c(c12)C(C)=CCc1ccn(-c2ccccc2)c1-3. The number of rotatable bonds is 10. The Morgan fingerprint density at radius 2 is 1.52 bits per heavy atom. The topological polar surface area (TPSA) is 8.17 Å². The number of hydrogen-bond donors (Lipinski definition) is 0. The molecule has 0 radical (unpaired) electrons. The van der Waals surface area contributed by atoms with Crippen molar-refractivity contribution in [2.75, 3.05) is 4.90 Å². The second kappa shape index (κ2) is 20.0. The largest absolute Gasteiger partial charge is 0.316 e. The molecule has 7 rings (SSSR count). The smallest absolute Gasteiger partial charge is 0.0569 e. The van der Waals surface area contributed by atoms with Crippen LogP contribution in [0.3, 0.4) is 0 Å². The van der Waals surface area contributed by atoms with E-state index in [2.05, 4.69) is 183 Å². The van der Waals surface area contributed by atoms with Gasteiger partial charge in [-0.05, 0) is 133 Å². The van der Waals surface area contributed by atoms with Crippen molar-refractivity contribution in [3.8, 4) is 16.9 Å². The molecule has 0 atom stereocenters. The number of hydrogen-bond acceptors (Lipinski definition) is 1. The maximum absolute atomic E-state index is 4.31. The average molecular weight is 735 g/mol. The number of aromatic nitrogens is 1. The van der Waals surface area contributed by atoms with Crippen molar-refractivity contribution in [3.05, 3.63) is 211 Å². The van der Waals surface area contributed by atoms with Crippen molar-refractivity contribution in [2.24, 2.45) is 0 Å². The van der Waals surface area contributed by atoms with Crippen molar-refractivity contribution in [1.82, 2.24) is 4.57 Å². The normalized spacial score (nSPS) is 12.6. The van der Waals surface area contributed by atoms with Crippen LogP contribution in [-0.4, -0.2) is 4.57 Å². The van der Waals surface area contributed by atoms with Gasteiger partial charge in [0.25, 0.3) is 0 Å². The Kier molecular flexibility index (Phi) is 14.7. The van der Waals surface area contributed by atoms with Gasteiger partial charge in [0.1, 0.15) is 0 Å². The second-order valence-corrected chi connectivity index (χ2v) is 13.8. The van der Waals surface area contributed by atoms with E-state index in [1.807, 2.05) is 45.9 Å². The fourth-order valence-electron chi connectivity index (χ4n) is 7.34. The van der Waals surface area contributed by atoms with Gasteiger partial charge in [-0.25, -0.2) is 0 Å². The molecule has 0 aliphatic heterocycles. The minimum absolute atomic E-state index is 0.896. The van der Waals surface area contributed by atoms with E-state index in [0.29, 0.717) is 0 Å². The number of allylic oxidation sites excluding steroid dienone is 10. The average Bonchev–Trinajstić information content (AvgIpc) is 3.61. The highest BCUT2D eigenvalue weighted by molar-refractivity contribution is 6.03. The van der Waals surface area contributed by atoms with Gasteiger partial charge in [-0.1, -0.05) is 155 Å². The third-order valence-electron chi connectivity index (χ3n) is 10.1. The van der Waals surface area contributed by atoms with Gasteiger partial charge in [0, 0.05) is 34.5 Å². The molecule has 56 heavy (non-hydrogen) atoms. The van der Waals surface area contributed by atoms with Gasteiger partial charge in [0.05, 0.1) is 5.69 Å². The molecule has 284 valence electrons. The summed E-state index contributed by atoms with van der Waals surface area (Å²) >= 11 is 0. The highest BCUT2D eigenvalue weighted by Crippen LogP contribution is 2.42. The van der Waals surface area contributed by atoms with Gasteiger partial charge in [-0.15, -0.1) is 0 Å². The summed E-state index contributed by atoms with van der Waals surface area (Å²) in [5, 5.41) is 5.21. The van der Waals surface area contributed by atoms with E-state index in [9.17, 15) is 0 Å². The summed E-state index contributed by atoms with van der Waals surface area (Å²) < 4.78 is 2.36. The molecule has 6 aromatic rings. The fraction of sp³-hybridized carbons (Fsp3) is 0.185. The minimum atomic E-state index is 0.896. The Balaban J connectivity index is 0.000000206. The number of anilines is 1. The molecular formula is C54H58N2. The molecular weight excluding hydrogens is 677 g/mol. The predicted molar refractivity (Wildman–Crippen MR) is 249 cm³/mol. The van der Waals surface area contributed by atoms with Crippen LogP contribution >= 0.6 is 0 Å². The van der Waals surface area contributed by atoms with Gasteiger partial charge in [0.15, 0.2) is 0 Å². The number of fused-ring (bicyclic) bond motifs is 6. The number of nitrogens with zero attached hydrogens (tertiary/aromatic N) is 2. The molecule has 1 aliphatic rings. The monoisotopic (exact) mass is 734 g/mol. The van der Waals surface area contributed by atoms with Gasteiger partial charge in [-0.3, -0.25) is 0 Å². The van der Waals surface area contributed by atoms with Gasteiger partial charge in [0.2, 0.25) is 0 Å². The fourth-order valence-corrected chi connectivity index (χ4v) is 7.34. The van der Waals surface area contributed by atoms with Crippen LogP contribution in [0.2, 0.25) is 0 Å². The molecule has 0 N–H and O–H groups in total. The summed E-state index contributed by atoms with van der Waals surface area (Å²) in [7, 11) is 0. The zero-order valence-corrected chi connectivity index (χ0v) is 34.5. The Morgan fingerprint density at radius 1 is 0.804 bits per heavy atom. The van der Waals surface area contributed by atoms with Crippen molar-refractivity contribution in [3.63, 3.8) is 0 Å². The first kappa shape index (κ1) is 41.1. The van der Waals surface area contributed by atoms with Crippen LogP contribution < -0.4 is 4.90 Å². The van der Waals surface area contributed by atoms with Crippen LogP contribution in [0.15, 0.2) is 194 Å². The summed E-state index contributed by atoms with van der Waals surface area (Å²) in [6, 6.07) is 39.2. The molecule has 0 unspecified atom stereocenters. The predicted octanol–water partition coefficient (Wildman–Crippen LogP) is 15.6. The second-order valence-electron chi connectivity index (χ2n) is 13.8. The summed E-state index contributed by atoms with van der Waals surface area (Å²) in [5.74, 6) is 0. The number of aryl methyl sites for hydroxylation is 1. The van der Waals surface area contributed by atoms with E-state index < -0.39 is 0 Å². The molecule has 2 heteroatoms. The highest BCUT2D eigenvalue weighted by atomic mass is 15.1. The summed E-state index contributed by atoms with van der Waals surface area (Å²) in [4.78, 5) is 2.15. The van der Waals surface area contributed by atoms with Crippen molar-refractivity contribution >= 4 is 32.8 Å². The highest BCUT2D eigenvalue weighted by Gasteiger charge is 2.22. The van der Waals surface area contributed by atoms with Crippen LogP contribution in [0.1, 0.15) is 71.6 Å². The number of para-hydroxylation sites is 1. The molecule has 1 heterocycles. The molecule has 0 bridgehead atoms. The Hall–Kier alpha value is -6.12. The van der Waals surface area contributed by atoms with E-state index in [0.717, 1.165) is 36.3 Å². The molecule has 0 spiro atoms. The lowest BCUT2D eigenvalue weighted by molar-refractivity contribution is 0.929. The lowest BCUT2D eigenvalue weighted by Crippen LogP contribution is -2.19. The molecule has 0 amide bonds. The first-order valence-corrected chi connectivity index (χ1v) is 20.1. The maximum atomic E-state index is 4.31. The van der Waals surface area contributed by atoms with Crippen molar-refractivity contribution < 1.29 is 0 Å².